The monoisotopic (exact) mass is 494 g/mol. The molecule has 4 rings (SSSR count). The summed E-state index contributed by atoms with van der Waals surface area (Å²) in [5.41, 5.74) is 5.01. The topological polar surface area (TPSA) is 63.0 Å². The number of para-hydroxylation sites is 2. The molecule has 2 heterocycles. The van der Waals surface area contributed by atoms with Gasteiger partial charge < -0.3 is 28.9 Å². The van der Waals surface area contributed by atoms with Gasteiger partial charge in [0.2, 0.25) is 5.95 Å². The molecule has 0 radical (unpaired) electrons. The van der Waals surface area contributed by atoms with Gasteiger partial charge in [0.1, 0.15) is 11.5 Å². The van der Waals surface area contributed by atoms with Gasteiger partial charge in [-0.3, -0.25) is 0 Å². The second-order valence-electron chi connectivity index (χ2n) is 10.0. The number of fused-ring (bicyclic) bond motifs is 1. The summed E-state index contributed by atoms with van der Waals surface area (Å²) in [5, 5.41) is 10.1. The number of hydrogen-bond donors (Lipinski definition) is 1. The van der Waals surface area contributed by atoms with Crippen LogP contribution in [0, 0.1) is 20.8 Å². The van der Waals surface area contributed by atoms with Gasteiger partial charge in [-0.15, -0.1) is 0 Å². The van der Waals surface area contributed by atoms with E-state index in [1.165, 1.54) is 5.52 Å². The molecule has 0 unspecified atom stereocenters. The largest absolute Gasteiger partial charge is 0.507 e. The highest BCUT2D eigenvalue weighted by Gasteiger charge is 2.19. The molecule has 0 bridgehead atoms. The van der Waals surface area contributed by atoms with Crippen molar-refractivity contribution in [3.8, 4) is 11.5 Å². The summed E-state index contributed by atoms with van der Waals surface area (Å²) >= 11 is 0. The molecule has 1 fully saturated rings. The first-order valence-electron chi connectivity index (χ1n) is 13.3. The van der Waals surface area contributed by atoms with E-state index in [1.54, 1.807) is 0 Å². The second-order valence-corrected chi connectivity index (χ2v) is 10.0. The normalized spacial score (nSPS) is 14.9. The number of imidazole rings is 1. The van der Waals surface area contributed by atoms with Gasteiger partial charge in [0, 0.05) is 32.8 Å². The molecule has 36 heavy (non-hydrogen) atoms. The fourth-order valence-corrected chi connectivity index (χ4v) is 4.88. The predicted octanol–water partition coefficient (Wildman–Crippen LogP) is 5.07. The minimum Gasteiger partial charge on any atom is -0.507 e. The molecule has 196 valence electrons. The number of benzene rings is 2. The summed E-state index contributed by atoms with van der Waals surface area (Å²) in [5.74, 6) is 2.31. The van der Waals surface area contributed by atoms with Crippen molar-refractivity contribution in [2.75, 3.05) is 57.9 Å². The summed E-state index contributed by atoms with van der Waals surface area (Å²) in [6.07, 6.45) is 4.23. The van der Waals surface area contributed by atoms with Crippen molar-refractivity contribution in [2.45, 2.75) is 53.0 Å². The van der Waals surface area contributed by atoms with E-state index in [-0.39, 0.29) is 0 Å². The maximum absolute atomic E-state index is 10.1. The molecule has 0 aliphatic carbocycles. The number of phenolic OH excluding ortho intramolecular Hbond substituents is 1. The molecule has 0 spiro atoms. The van der Waals surface area contributed by atoms with E-state index in [2.05, 4.69) is 45.7 Å². The first-order chi connectivity index (χ1) is 17.5. The Labute approximate surface area is 215 Å². The van der Waals surface area contributed by atoms with Crippen LogP contribution in [0.2, 0.25) is 0 Å². The zero-order chi connectivity index (χ0) is 25.5. The molecule has 2 aromatic carbocycles. The van der Waals surface area contributed by atoms with Gasteiger partial charge in [-0.2, -0.15) is 0 Å². The number of likely N-dealkylation sites (N-methyl/N-ethyl adjacent to an activating group) is 1. The van der Waals surface area contributed by atoms with E-state index in [1.807, 2.05) is 26.8 Å². The number of anilines is 1. The minimum atomic E-state index is 0.367. The fourth-order valence-electron chi connectivity index (χ4n) is 4.88. The standard InChI is InChI=1S/C29H42N4O3/c1-22-21-27(23(2)24(3)28(22)34)36-19-9-5-8-18-35-20-17-33-26-12-7-6-11-25(26)30-29(33)32-14-10-13-31(4)15-16-32/h6-7,11-12,21,34H,5,8-10,13-20H2,1-4H3. The number of aromatic hydroxyl groups is 1. The molecule has 0 amide bonds. The summed E-state index contributed by atoms with van der Waals surface area (Å²) in [4.78, 5) is 9.82. The Hall–Kier alpha value is -2.77. The molecule has 0 atom stereocenters. The second kappa shape index (κ2) is 12.5. The lowest BCUT2D eigenvalue weighted by Crippen LogP contribution is -2.31. The fraction of sp³-hybridized carbons (Fsp3) is 0.552. The Morgan fingerprint density at radius 2 is 1.72 bits per heavy atom. The van der Waals surface area contributed by atoms with Crippen molar-refractivity contribution in [1.29, 1.82) is 0 Å². The smallest absolute Gasteiger partial charge is 0.206 e. The molecular weight excluding hydrogens is 452 g/mol. The lowest BCUT2D eigenvalue weighted by molar-refractivity contribution is 0.122. The van der Waals surface area contributed by atoms with E-state index < -0.39 is 0 Å². The number of aromatic nitrogens is 2. The first kappa shape index (κ1) is 26.3. The van der Waals surface area contributed by atoms with Crippen LogP contribution in [-0.2, 0) is 11.3 Å². The maximum atomic E-state index is 10.1. The lowest BCUT2D eigenvalue weighted by atomic mass is 10.0. The molecule has 7 heteroatoms. The first-order valence-corrected chi connectivity index (χ1v) is 13.3. The van der Waals surface area contributed by atoms with Crippen LogP contribution in [0.5, 0.6) is 11.5 Å². The summed E-state index contributed by atoms with van der Waals surface area (Å²) in [7, 11) is 2.20. The highest BCUT2D eigenvalue weighted by atomic mass is 16.5. The number of rotatable bonds is 11. The average Bonchev–Trinajstić information content (AvgIpc) is 3.10. The Morgan fingerprint density at radius 1 is 0.917 bits per heavy atom. The Balaban J connectivity index is 1.21. The van der Waals surface area contributed by atoms with Crippen LogP contribution in [-0.4, -0.2) is 72.6 Å². The van der Waals surface area contributed by atoms with Gasteiger partial charge in [-0.1, -0.05) is 12.1 Å². The van der Waals surface area contributed by atoms with Crippen LogP contribution in [0.15, 0.2) is 30.3 Å². The van der Waals surface area contributed by atoms with Gasteiger partial charge in [-0.25, -0.2) is 4.98 Å². The molecule has 1 aliphatic heterocycles. The third-order valence-corrected chi connectivity index (χ3v) is 7.29. The van der Waals surface area contributed by atoms with Crippen LogP contribution < -0.4 is 9.64 Å². The number of nitrogens with zero attached hydrogens (tertiary/aromatic N) is 4. The molecule has 7 nitrogen and oxygen atoms in total. The molecule has 1 aromatic heterocycles. The minimum absolute atomic E-state index is 0.367. The Morgan fingerprint density at radius 3 is 2.58 bits per heavy atom. The molecule has 1 N–H and O–H groups in total. The van der Waals surface area contributed by atoms with Crippen molar-refractivity contribution >= 4 is 17.0 Å². The molecular formula is C29H42N4O3. The van der Waals surface area contributed by atoms with E-state index >= 15 is 0 Å². The van der Waals surface area contributed by atoms with Crippen molar-refractivity contribution < 1.29 is 14.6 Å². The van der Waals surface area contributed by atoms with Crippen molar-refractivity contribution in [1.82, 2.24) is 14.5 Å². The van der Waals surface area contributed by atoms with Gasteiger partial charge in [0.25, 0.3) is 0 Å². The van der Waals surface area contributed by atoms with Gasteiger partial charge in [0.15, 0.2) is 0 Å². The van der Waals surface area contributed by atoms with Crippen LogP contribution in [0.1, 0.15) is 42.4 Å². The van der Waals surface area contributed by atoms with Crippen LogP contribution in [0.25, 0.3) is 11.0 Å². The lowest BCUT2D eigenvalue weighted by Gasteiger charge is -2.23. The zero-order valence-corrected chi connectivity index (χ0v) is 22.4. The van der Waals surface area contributed by atoms with Crippen molar-refractivity contribution in [3.63, 3.8) is 0 Å². The van der Waals surface area contributed by atoms with Crippen LogP contribution in [0.4, 0.5) is 5.95 Å². The number of aryl methyl sites for hydroxylation is 1. The Bertz CT molecular complexity index is 1140. The van der Waals surface area contributed by atoms with E-state index in [4.69, 9.17) is 14.5 Å². The molecule has 3 aromatic rings. The summed E-state index contributed by atoms with van der Waals surface area (Å²) in [6, 6.07) is 10.3. The third-order valence-electron chi connectivity index (χ3n) is 7.29. The third kappa shape index (κ3) is 6.31. The predicted molar refractivity (Wildman–Crippen MR) is 147 cm³/mol. The molecule has 0 saturated carbocycles. The van der Waals surface area contributed by atoms with Gasteiger partial charge >= 0.3 is 0 Å². The summed E-state index contributed by atoms with van der Waals surface area (Å²) < 4.78 is 14.3. The van der Waals surface area contributed by atoms with Crippen molar-refractivity contribution in [3.05, 3.63) is 47.0 Å². The molecule has 1 saturated heterocycles. The summed E-state index contributed by atoms with van der Waals surface area (Å²) in [6.45, 7) is 13.0. The SMILES string of the molecule is Cc1cc(OCCCCCOCCn2c(N3CCCN(C)CC3)nc3ccccc32)c(C)c(C)c1O. The van der Waals surface area contributed by atoms with E-state index in [0.717, 1.165) is 98.9 Å². The highest BCUT2D eigenvalue weighted by Crippen LogP contribution is 2.32. The quantitative estimate of drug-likeness (QED) is 0.375. The maximum Gasteiger partial charge on any atom is 0.206 e. The zero-order valence-electron chi connectivity index (χ0n) is 22.4. The van der Waals surface area contributed by atoms with Gasteiger partial charge in [-0.05, 0) is 94.9 Å². The Kier molecular flexibility index (Phi) is 9.10. The average molecular weight is 495 g/mol. The molecule has 1 aliphatic rings. The van der Waals surface area contributed by atoms with Crippen molar-refractivity contribution in [2.24, 2.45) is 0 Å². The number of phenols is 1. The van der Waals surface area contributed by atoms with Crippen LogP contribution >= 0.6 is 0 Å². The van der Waals surface area contributed by atoms with Crippen LogP contribution in [0.3, 0.4) is 0 Å². The highest BCUT2D eigenvalue weighted by molar-refractivity contribution is 5.78. The number of hydrogen-bond acceptors (Lipinski definition) is 6. The number of unbranched alkanes of at least 4 members (excludes halogenated alkanes) is 2. The van der Waals surface area contributed by atoms with E-state index in [0.29, 0.717) is 19.0 Å². The van der Waals surface area contributed by atoms with Gasteiger partial charge in [0.05, 0.1) is 24.2 Å². The van der Waals surface area contributed by atoms with E-state index in [9.17, 15) is 5.11 Å². The number of ether oxygens (including phenoxy) is 2.